The molecule has 0 aliphatic heterocycles. The van der Waals surface area contributed by atoms with Crippen molar-refractivity contribution in [2.45, 2.75) is 47.2 Å². The third-order valence-electron chi connectivity index (χ3n) is 6.05. The smallest absolute Gasteiger partial charge is 0.336 e. The van der Waals surface area contributed by atoms with Crippen LogP contribution in [0.5, 0.6) is 6.01 Å². The number of thiol groups is 1. The van der Waals surface area contributed by atoms with Gasteiger partial charge in [-0.2, -0.15) is 12.6 Å². The Hall–Kier alpha value is -3.26. The molecule has 1 amide bonds. The average molecular weight is 510 g/mol. The van der Waals surface area contributed by atoms with E-state index in [1.165, 1.54) is 0 Å². The summed E-state index contributed by atoms with van der Waals surface area (Å²) in [5.41, 5.74) is 4.47. The largest absolute Gasteiger partial charge is 0.478 e. The van der Waals surface area contributed by atoms with E-state index in [4.69, 9.17) is 4.74 Å². The molecule has 0 aliphatic carbocycles. The highest BCUT2D eigenvalue weighted by Crippen LogP contribution is 2.26. The van der Waals surface area contributed by atoms with Crippen molar-refractivity contribution in [3.8, 4) is 17.1 Å². The normalized spacial score (nSPS) is 11.9. The van der Waals surface area contributed by atoms with E-state index >= 15 is 0 Å². The fourth-order valence-electron chi connectivity index (χ4n) is 4.25. The van der Waals surface area contributed by atoms with E-state index in [9.17, 15) is 14.7 Å². The van der Waals surface area contributed by atoms with Gasteiger partial charge in [0.05, 0.1) is 36.6 Å². The number of imidazole rings is 1. The monoisotopic (exact) mass is 509 g/mol. The second-order valence-corrected chi connectivity index (χ2v) is 9.59. The summed E-state index contributed by atoms with van der Waals surface area (Å²) in [5.74, 6) is -0.188. The van der Waals surface area contributed by atoms with Crippen LogP contribution in [0.2, 0.25) is 0 Å². The van der Waals surface area contributed by atoms with Crippen molar-refractivity contribution in [2.24, 2.45) is 11.8 Å². The first kappa shape index (κ1) is 27.3. The van der Waals surface area contributed by atoms with E-state index in [1.807, 2.05) is 54.8 Å². The molecule has 8 heteroatoms. The number of aryl methyl sites for hydroxylation is 1. The number of carboxylic acids is 1. The summed E-state index contributed by atoms with van der Waals surface area (Å²) < 4.78 is 7.78. The van der Waals surface area contributed by atoms with Crippen LogP contribution >= 0.6 is 12.6 Å². The molecule has 0 spiro atoms. The minimum absolute atomic E-state index is 0.00902. The van der Waals surface area contributed by atoms with Gasteiger partial charge in [-0.3, -0.25) is 9.36 Å². The van der Waals surface area contributed by atoms with E-state index in [-0.39, 0.29) is 17.4 Å². The number of rotatable bonds is 12. The molecular weight excluding hydrogens is 474 g/mol. The highest BCUT2D eigenvalue weighted by Gasteiger charge is 2.21. The molecule has 1 unspecified atom stereocenters. The van der Waals surface area contributed by atoms with Gasteiger partial charge in [-0.05, 0) is 48.9 Å². The number of carbonyl (C=O) groups excluding carboxylic acids is 1. The first-order chi connectivity index (χ1) is 17.2. The molecule has 0 radical (unpaired) electrons. The Labute approximate surface area is 218 Å². The second kappa shape index (κ2) is 12.6. The van der Waals surface area contributed by atoms with Crippen LogP contribution in [0.4, 0.5) is 0 Å². The predicted octanol–water partition coefficient (Wildman–Crippen LogP) is 5.21. The second-order valence-electron chi connectivity index (χ2n) is 9.22. The van der Waals surface area contributed by atoms with Gasteiger partial charge in [-0.25, -0.2) is 9.78 Å². The summed E-state index contributed by atoms with van der Waals surface area (Å²) in [5, 5.41) is 12.6. The minimum atomic E-state index is -0.954. The van der Waals surface area contributed by atoms with Gasteiger partial charge in [-0.15, -0.1) is 0 Å². The summed E-state index contributed by atoms with van der Waals surface area (Å²) in [7, 11) is 0. The zero-order chi connectivity index (χ0) is 26.2. The van der Waals surface area contributed by atoms with Crippen LogP contribution in [-0.2, 0) is 17.9 Å². The lowest BCUT2D eigenvalue weighted by Crippen LogP contribution is -2.33. The quantitative estimate of drug-likeness (QED) is 0.291. The third kappa shape index (κ3) is 6.69. The third-order valence-corrected chi connectivity index (χ3v) is 6.49. The average Bonchev–Trinajstić information content (AvgIpc) is 3.15. The number of amides is 1. The van der Waals surface area contributed by atoms with E-state index in [1.54, 1.807) is 12.1 Å². The van der Waals surface area contributed by atoms with E-state index < -0.39 is 5.97 Å². The Balaban J connectivity index is 1.83. The standard InChI is InChI=1S/C28H35N3O4S/c1-5-35-28-30-19(4)25(15-29-26(32)22(17-36)14-18(2)3)31(28)16-20-10-12-21(13-11-20)23-8-6-7-9-24(23)27(33)34/h6-13,18,22,36H,5,14-17H2,1-4H3,(H,29,32)(H,33,34). The molecule has 2 aromatic carbocycles. The molecule has 0 fully saturated rings. The number of nitrogens with one attached hydrogen (secondary N) is 1. The number of benzene rings is 2. The van der Waals surface area contributed by atoms with Crippen LogP contribution in [-0.4, -0.2) is 38.9 Å². The summed E-state index contributed by atoms with van der Waals surface area (Å²) in [4.78, 5) is 29.0. The maximum Gasteiger partial charge on any atom is 0.336 e. The van der Waals surface area contributed by atoms with Crippen LogP contribution < -0.4 is 10.1 Å². The number of ether oxygens (including phenoxy) is 1. The molecule has 7 nitrogen and oxygen atoms in total. The molecule has 3 aromatic rings. The van der Waals surface area contributed by atoms with Gasteiger partial charge in [0.1, 0.15) is 0 Å². The molecule has 1 aromatic heterocycles. The first-order valence-corrected chi connectivity index (χ1v) is 12.9. The summed E-state index contributed by atoms with van der Waals surface area (Å²) >= 11 is 4.37. The minimum Gasteiger partial charge on any atom is -0.478 e. The number of aromatic carboxylic acids is 1. The number of aromatic nitrogens is 2. The van der Waals surface area contributed by atoms with Crippen molar-refractivity contribution < 1.29 is 19.4 Å². The first-order valence-electron chi connectivity index (χ1n) is 12.2. The molecule has 2 N–H and O–H groups in total. The lowest BCUT2D eigenvalue weighted by Gasteiger charge is -2.18. The highest BCUT2D eigenvalue weighted by molar-refractivity contribution is 7.80. The van der Waals surface area contributed by atoms with Crippen molar-refractivity contribution in [1.82, 2.24) is 14.9 Å². The molecule has 0 aliphatic rings. The van der Waals surface area contributed by atoms with Gasteiger partial charge >= 0.3 is 5.97 Å². The number of nitrogens with zero attached hydrogens (tertiary/aromatic N) is 2. The molecule has 1 atom stereocenters. The Morgan fingerprint density at radius 2 is 1.83 bits per heavy atom. The van der Waals surface area contributed by atoms with Gasteiger partial charge in [-0.1, -0.05) is 56.3 Å². The Kier molecular flexibility index (Phi) is 9.58. The summed E-state index contributed by atoms with van der Waals surface area (Å²) in [6.07, 6.45) is 0.787. The van der Waals surface area contributed by atoms with E-state index in [0.717, 1.165) is 28.9 Å². The van der Waals surface area contributed by atoms with E-state index in [0.29, 0.717) is 42.9 Å². The number of carboxylic acid groups (broad SMARTS) is 1. The molecule has 36 heavy (non-hydrogen) atoms. The molecular formula is C28H35N3O4S. The van der Waals surface area contributed by atoms with Gasteiger partial charge in [0, 0.05) is 11.7 Å². The van der Waals surface area contributed by atoms with Gasteiger partial charge < -0.3 is 15.2 Å². The summed E-state index contributed by atoms with van der Waals surface area (Å²) in [6, 6.07) is 15.3. The predicted molar refractivity (Wildman–Crippen MR) is 145 cm³/mol. The Bertz CT molecular complexity index is 1190. The van der Waals surface area contributed by atoms with Crippen molar-refractivity contribution in [1.29, 1.82) is 0 Å². The molecule has 192 valence electrons. The van der Waals surface area contributed by atoms with Gasteiger partial charge in [0.15, 0.2) is 0 Å². The van der Waals surface area contributed by atoms with Crippen molar-refractivity contribution in [3.05, 3.63) is 71.0 Å². The van der Waals surface area contributed by atoms with Crippen LogP contribution in [0.3, 0.4) is 0 Å². The fraction of sp³-hybridized carbons (Fsp3) is 0.393. The van der Waals surface area contributed by atoms with Crippen molar-refractivity contribution in [3.63, 3.8) is 0 Å². The van der Waals surface area contributed by atoms with Crippen LogP contribution in [0.25, 0.3) is 11.1 Å². The number of hydrogen-bond donors (Lipinski definition) is 3. The van der Waals surface area contributed by atoms with Crippen LogP contribution in [0, 0.1) is 18.8 Å². The summed E-state index contributed by atoms with van der Waals surface area (Å²) in [6.45, 7) is 9.35. The molecule has 0 saturated heterocycles. The number of hydrogen-bond acceptors (Lipinski definition) is 5. The SMILES string of the molecule is CCOc1nc(C)c(CNC(=O)C(CS)CC(C)C)n1Cc1ccc(-c2ccccc2C(=O)O)cc1. The zero-order valence-electron chi connectivity index (χ0n) is 21.3. The fourth-order valence-corrected chi connectivity index (χ4v) is 4.56. The van der Waals surface area contributed by atoms with Crippen LogP contribution in [0.1, 0.15) is 54.5 Å². The molecule has 1 heterocycles. The molecule has 0 bridgehead atoms. The van der Waals surface area contributed by atoms with Crippen LogP contribution in [0.15, 0.2) is 48.5 Å². The maximum atomic E-state index is 12.8. The van der Waals surface area contributed by atoms with Gasteiger partial charge in [0.25, 0.3) is 6.01 Å². The van der Waals surface area contributed by atoms with E-state index in [2.05, 4.69) is 36.8 Å². The van der Waals surface area contributed by atoms with Gasteiger partial charge in [0.2, 0.25) is 5.91 Å². The van der Waals surface area contributed by atoms with Crippen molar-refractivity contribution >= 4 is 24.5 Å². The lowest BCUT2D eigenvalue weighted by atomic mass is 9.98. The molecule has 0 saturated carbocycles. The lowest BCUT2D eigenvalue weighted by molar-refractivity contribution is -0.124. The Morgan fingerprint density at radius 1 is 1.14 bits per heavy atom. The maximum absolute atomic E-state index is 12.8. The number of carbonyl (C=O) groups is 2. The molecule has 3 rings (SSSR count). The highest BCUT2D eigenvalue weighted by atomic mass is 32.1. The topological polar surface area (TPSA) is 93.5 Å². The van der Waals surface area contributed by atoms with Crippen molar-refractivity contribution in [2.75, 3.05) is 12.4 Å². The Morgan fingerprint density at radius 3 is 2.44 bits per heavy atom. The zero-order valence-corrected chi connectivity index (χ0v) is 22.2.